The molecule has 0 bridgehead atoms. The van der Waals surface area contributed by atoms with E-state index in [2.05, 4.69) is 13.2 Å². The van der Waals surface area contributed by atoms with Crippen molar-refractivity contribution in [2.24, 2.45) is 5.41 Å². The van der Waals surface area contributed by atoms with Gasteiger partial charge in [-0.3, -0.25) is 9.48 Å². The fourth-order valence-electron chi connectivity index (χ4n) is 7.22. The number of alkyl halides is 3. The molecule has 2 aliphatic rings. The van der Waals surface area contributed by atoms with Gasteiger partial charge in [0.25, 0.3) is 0 Å². The van der Waals surface area contributed by atoms with Gasteiger partial charge in [-0.15, -0.1) is 13.2 Å². The molecule has 3 heterocycles. The van der Waals surface area contributed by atoms with E-state index in [0.29, 0.717) is 43.5 Å². The lowest BCUT2D eigenvalue weighted by Crippen LogP contribution is -2.57. The Hall–Kier alpha value is -4.34. The molecule has 0 saturated carbocycles. The predicted octanol–water partition coefficient (Wildman–Crippen LogP) is 7.48. The molecule has 244 valence electrons. The second-order valence-corrected chi connectivity index (χ2v) is 12.7. The maximum absolute atomic E-state index is 14.4. The summed E-state index contributed by atoms with van der Waals surface area (Å²) in [5.74, 6) is 0.0323. The number of rotatable bonds is 9. The van der Waals surface area contributed by atoms with Crippen LogP contribution in [0, 0.1) is 19.3 Å². The number of amides is 3. The Morgan fingerprint density at radius 3 is 2.41 bits per heavy atom. The van der Waals surface area contributed by atoms with Crippen molar-refractivity contribution in [3.63, 3.8) is 0 Å². The number of fused-ring (bicyclic) bond motifs is 1. The van der Waals surface area contributed by atoms with Crippen LogP contribution < -0.4 is 0 Å². The fourth-order valence-corrected chi connectivity index (χ4v) is 7.22. The van der Waals surface area contributed by atoms with Crippen molar-refractivity contribution >= 4 is 11.9 Å². The zero-order valence-corrected chi connectivity index (χ0v) is 26.9. The molecule has 10 heteroatoms. The predicted molar refractivity (Wildman–Crippen MR) is 172 cm³/mol. The number of urea groups is 1. The van der Waals surface area contributed by atoms with Crippen molar-refractivity contribution in [1.29, 1.82) is 0 Å². The Morgan fingerprint density at radius 1 is 1.11 bits per heavy atom. The van der Waals surface area contributed by atoms with Gasteiger partial charge in [-0.25, -0.2) is 4.79 Å². The largest absolute Gasteiger partial charge is 0.416 e. The molecule has 3 atom stereocenters. The highest BCUT2D eigenvalue weighted by molar-refractivity contribution is 5.87. The van der Waals surface area contributed by atoms with Crippen molar-refractivity contribution in [3.8, 4) is 0 Å². The van der Waals surface area contributed by atoms with Gasteiger partial charge in [0.05, 0.1) is 41.3 Å². The lowest BCUT2D eigenvalue weighted by atomic mass is 9.77. The smallest absolute Gasteiger partial charge is 0.335 e. The average Bonchev–Trinajstić information content (AvgIpc) is 3.51. The number of nitrogens with zero attached hydrogens (tertiary/aromatic N) is 5. The molecule has 3 amide bonds. The third kappa shape index (κ3) is 6.22. The number of hydrogen-bond donors (Lipinski definition) is 0. The summed E-state index contributed by atoms with van der Waals surface area (Å²) in [6, 6.07) is 12.1. The van der Waals surface area contributed by atoms with Crippen LogP contribution >= 0.6 is 0 Å². The molecule has 3 aromatic rings. The third-order valence-corrected chi connectivity index (χ3v) is 9.60. The summed E-state index contributed by atoms with van der Waals surface area (Å²) in [5, 5.41) is 4.81. The maximum atomic E-state index is 14.4. The van der Waals surface area contributed by atoms with Gasteiger partial charge < -0.3 is 14.7 Å². The number of carbonyl (C=O) groups excluding carboxylic acids is 2. The number of allylic oxidation sites excluding steroid dienone is 2. The molecule has 0 N–H and O–H groups in total. The van der Waals surface area contributed by atoms with Crippen LogP contribution in [0.2, 0.25) is 0 Å². The minimum Gasteiger partial charge on any atom is -0.335 e. The molecule has 2 fully saturated rings. The first-order valence-corrected chi connectivity index (χ1v) is 15.6. The van der Waals surface area contributed by atoms with E-state index in [4.69, 9.17) is 5.10 Å². The van der Waals surface area contributed by atoms with E-state index in [0.717, 1.165) is 29.0 Å². The Kier molecular flexibility index (Phi) is 9.20. The lowest BCUT2D eigenvalue weighted by molar-refractivity contribution is -0.139. The summed E-state index contributed by atoms with van der Waals surface area (Å²) in [4.78, 5) is 33.6. The first-order chi connectivity index (χ1) is 21.8. The first-order valence-electron chi connectivity index (χ1n) is 15.6. The minimum atomic E-state index is -4.50. The molecule has 7 nitrogen and oxygen atoms in total. The molecular formula is C36H42F3N5O2. The molecule has 0 radical (unpaired) electrons. The van der Waals surface area contributed by atoms with Gasteiger partial charge in [-0.1, -0.05) is 54.1 Å². The number of hydrogen-bond acceptors (Lipinski definition) is 3. The van der Waals surface area contributed by atoms with Crippen molar-refractivity contribution in [2.45, 2.75) is 70.9 Å². The van der Waals surface area contributed by atoms with Crippen LogP contribution in [0.15, 0.2) is 80.0 Å². The molecule has 1 aromatic heterocycles. The van der Waals surface area contributed by atoms with Gasteiger partial charge in [0.1, 0.15) is 0 Å². The van der Waals surface area contributed by atoms with Crippen LogP contribution in [0.1, 0.15) is 71.8 Å². The second kappa shape index (κ2) is 12.8. The zero-order chi connectivity index (χ0) is 33.4. The summed E-state index contributed by atoms with van der Waals surface area (Å²) < 4.78 is 42.9. The monoisotopic (exact) mass is 633 g/mol. The van der Waals surface area contributed by atoms with E-state index in [1.807, 2.05) is 53.0 Å². The summed E-state index contributed by atoms with van der Waals surface area (Å²) >= 11 is 0. The molecule has 2 saturated heterocycles. The van der Waals surface area contributed by atoms with E-state index < -0.39 is 29.2 Å². The number of benzene rings is 2. The van der Waals surface area contributed by atoms with Crippen molar-refractivity contribution in [3.05, 3.63) is 114 Å². The summed E-state index contributed by atoms with van der Waals surface area (Å²) in [6.45, 7) is 14.3. The summed E-state index contributed by atoms with van der Waals surface area (Å²) in [7, 11) is 1.62. The van der Waals surface area contributed by atoms with Crippen molar-refractivity contribution in [2.75, 3.05) is 20.1 Å². The van der Waals surface area contributed by atoms with E-state index in [9.17, 15) is 22.8 Å². The quantitative estimate of drug-likeness (QED) is 0.230. The number of piperazine rings is 1. The Bertz CT molecular complexity index is 1610. The van der Waals surface area contributed by atoms with Crippen molar-refractivity contribution < 1.29 is 22.8 Å². The van der Waals surface area contributed by atoms with Gasteiger partial charge in [0.15, 0.2) is 0 Å². The normalized spacial score (nSPS) is 19.9. The average molecular weight is 634 g/mol. The van der Waals surface area contributed by atoms with E-state index >= 15 is 0 Å². The SMILES string of the molecule is C=CCC1(CC=C)C[C@H]2[C@H](c3cn(Cc4ccccc4)nc3C)N(C(=O)N(C)[C@H](C)c3cc(C)cc(C(F)(F)F)c3)CCN2C1=O. The summed E-state index contributed by atoms with van der Waals surface area (Å²) in [5.41, 5.74) is 2.10. The fraction of sp³-hybridized carbons (Fsp3) is 0.417. The molecule has 0 unspecified atom stereocenters. The molecule has 2 aliphatic heterocycles. The highest BCUT2D eigenvalue weighted by Gasteiger charge is 2.56. The second-order valence-electron chi connectivity index (χ2n) is 12.7. The van der Waals surface area contributed by atoms with Gasteiger partial charge in [0.2, 0.25) is 5.91 Å². The first kappa shape index (κ1) is 33.0. The highest BCUT2D eigenvalue weighted by atomic mass is 19.4. The molecule has 2 aromatic carbocycles. The minimum absolute atomic E-state index is 0.0323. The van der Waals surface area contributed by atoms with Crippen LogP contribution in [0.4, 0.5) is 18.0 Å². The van der Waals surface area contributed by atoms with Gasteiger partial charge in [-0.2, -0.15) is 18.3 Å². The molecule has 0 spiro atoms. The highest BCUT2D eigenvalue weighted by Crippen LogP contribution is 2.50. The Morgan fingerprint density at radius 2 is 1.78 bits per heavy atom. The standard InChI is InChI=1S/C36H42F3N5O2/c1-7-14-35(15-8-2)21-31-32(30-23-42(40-25(30)4)22-27-12-10-9-11-13-27)44(17-16-43(31)33(35)45)34(46)41(6)26(5)28-18-24(3)19-29(20-28)36(37,38)39/h7-13,18-20,23,26,31-32H,1-2,14-17,21-22H2,3-6H3/t26-,31+,32+/m1/s1. The van der Waals surface area contributed by atoms with Crippen LogP contribution in [-0.4, -0.2) is 62.6 Å². The van der Waals surface area contributed by atoms with Crippen molar-refractivity contribution in [1.82, 2.24) is 24.5 Å². The van der Waals surface area contributed by atoms with Crippen LogP contribution in [0.5, 0.6) is 0 Å². The maximum Gasteiger partial charge on any atom is 0.416 e. The Balaban J connectivity index is 1.53. The van der Waals surface area contributed by atoms with Gasteiger partial charge in [0, 0.05) is 31.9 Å². The molecule has 5 rings (SSSR count). The van der Waals surface area contributed by atoms with Crippen LogP contribution in [-0.2, 0) is 17.5 Å². The molecule has 0 aliphatic carbocycles. The van der Waals surface area contributed by atoms with Crippen LogP contribution in [0.3, 0.4) is 0 Å². The van der Waals surface area contributed by atoms with Crippen LogP contribution in [0.25, 0.3) is 0 Å². The van der Waals surface area contributed by atoms with E-state index in [1.54, 1.807) is 44.0 Å². The number of carbonyl (C=O) groups is 2. The lowest BCUT2D eigenvalue weighted by Gasteiger charge is -2.46. The van der Waals surface area contributed by atoms with Gasteiger partial charge in [-0.05, 0) is 63.3 Å². The topological polar surface area (TPSA) is 61.7 Å². The van der Waals surface area contributed by atoms with E-state index in [1.165, 1.54) is 4.90 Å². The number of aromatic nitrogens is 2. The third-order valence-electron chi connectivity index (χ3n) is 9.60. The molecular weight excluding hydrogens is 591 g/mol. The van der Waals surface area contributed by atoms with E-state index in [-0.39, 0.29) is 24.5 Å². The van der Waals surface area contributed by atoms with Gasteiger partial charge >= 0.3 is 12.2 Å². The number of halogens is 3. The molecule has 46 heavy (non-hydrogen) atoms. The zero-order valence-electron chi connectivity index (χ0n) is 26.9. The Labute approximate surface area is 269 Å². The number of aryl methyl sites for hydroxylation is 2. The summed E-state index contributed by atoms with van der Waals surface area (Å²) in [6.07, 6.45) is 2.49.